The first-order valence-corrected chi connectivity index (χ1v) is 8.05. The molecule has 1 unspecified atom stereocenters. The van der Waals surface area contributed by atoms with E-state index in [1.165, 1.54) is 13.0 Å². The molecule has 0 spiro atoms. The van der Waals surface area contributed by atoms with Crippen LogP contribution in [0.2, 0.25) is 0 Å². The van der Waals surface area contributed by atoms with E-state index in [0.717, 1.165) is 11.3 Å². The van der Waals surface area contributed by atoms with Crippen molar-refractivity contribution in [3.8, 4) is 0 Å². The van der Waals surface area contributed by atoms with E-state index in [1.807, 2.05) is 13.8 Å². The van der Waals surface area contributed by atoms with Crippen LogP contribution in [0, 0.1) is 19.3 Å². The van der Waals surface area contributed by atoms with Crippen LogP contribution in [0.1, 0.15) is 35.9 Å². The molecule has 0 fully saturated rings. The number of aryl methyl sites for hydroxylation is 2. The van der Waals surface area contributed by atoms with Gasteiger partial charge in [0.1, 0.15) is 5.76 Å². The van der Waals surface area contributed by atoms with Crippen molar-refractivity contribution < 1.29 is 24.3 Å². The normalized spacial score (nSPS) is 19.8. The van der Waals surface area contributed by atoms with Gasteiger partial charge in [-0.15, -0.1) is 0 Å². The van der Waals surface area contributed by atoms with Crippen molar-refractivity contribution >= 4 is 17.5 Å². The smallest absolute Gasteiger partial charge is 0.332 e. The van der Waals surface area contributed by atoms with Crippen LogP contribution in [-0.2, 0) is 16.1 Å². The third-order valence-corrected chi connectivity index (χ3v) is 4.68. The number of hydrogen-bond acceptors (Lipinski definition) is 5. The minimum absolute atomic E-state index is 0.0642. The van der Waals surface area contributed by atoms with Crippen molar-refractivity contribution in [3.05, 3.63) is 52.7 Å². The number of carboxylic acid groups (broad SMARTS) is 2. The molecule has 8 heteroatoms. The number of nitrogens with zero attached hydrogens (tertiary/aromatic N) is 3. The summed E-state index contributed by atoms with van der Waals surface area (Å²) < 4.78 is 6.81. The molecule has 2 aromatic heterocycles. The summed E-state index contributed by atoms with van der Waals surface area (Å²) in [6.45, 7) is 5.62. The zero-order valence-corrected chi connectivity index (χ0v) is 14.7. The van der Waals surface area contributed by atoms with Gasteiger partial charge < -0.3 is 14.7 Å². The lowest BCUT2D eigenvalue weighted by molar-refractivity contribution is -0.145. The fourth-order valence-corrected chi connectivity index (χ4v) is 2.98. The molecule has 8 nitrogen and oxygen atoms in total. The summed E-state index contributed by atoms with van der Waals surface area (Å²) in [7, 11) is 0. The molecule has 0 saturated heterocycles. The Kier molecular flexibility index (Phi) is 4.27. The Morgan fingerprint density at radius 2 is 2.08 bits per heavy atom. The molecule has 3 rings (SSSR count). The lowest BCUT2D eigenvalue weighted by Gasteiger charge is -2.26. The number of carbonyl (C=O) groups is 2. The lowest BCUT2D eigenvalue weighted by atomic mass is 9.77. The van der Waals surface area contributed by atoms with Crippen LogP contribution in [0.5, 0.6) is 0 Å². The first-order chi connectivity index (χ1) is 12.2. The standard InChI is InChI=1S/C18H19N3O5/c1-10-15(11(2)26-20-10)9-21-8-12(7-19-21)13-4-5-18(3,17(24)25)6-14(13)16(22)23/h4-5,7-8H,6,9H2,1-3H3,(H,22,23)(H,24,25). The first-order valence-electron chi connectivity index (χ1n) is 8.05. The fraction of sp³-hybridized carbons (Fsp3) is 0.333. The Morgan fingerprint density at radius 1 is 1.35 bits per heavy atom. The lowest BCUT2D eigenvalue weighted by Crippen LogP contribution is -2.29. The largest absolute Gasteiger partial charge is 0.481 e. The molecule has 2 heterocycles. The average molecular weight is 357 g/mol. The first kappa shape index (κ1) is 17.7. The van der Waals surface area contributed by atoms with Crippen molar-refractivity contribution in [1.82, 2.24) is 14.9 Å². The van der Waals surface area contributed by atoms with Gasteiger partial charge in [-0.2, -0.15) is 5.10 Å². The second-order valence-corrected chi connectivity index (χ2v) is 6.66. The summed E-state index contributed by atoms with van der Waals surface area (Å²) >= 11 is 0. The number of allylic oxidation sites excluding steroid dienone is 2. The monoisotopic (exact) mass is 357 g/mol. The number of rotatable bonds is 5. The van der Waals surface area contributed by atoms with Gasteiger partial charge in [0.05, 0.1) is 23.9 Å². The number of aromatic nitrogens is 3. The maximum absolute atomic E-state index is 11.7. The number of hydrogen-bond donors (Lipinski definition) is 2. The van der Waals surface area contributed by atoms with Gasteiger partial charge >= 0.3 is 11.9 Å². The Morgan fingerprint density at radius 3 is 2.65 bits per heavy atom. The summed E-state index contributed by atoms with van der Waals surface area (Å²) in [4.78, 5) is 23.1. The molecule has 1 aliphatic rings. The second-order valence-electron chi connectivity index (χ2n) is 6.66. The summed E-state index contributed by atoms with van der Waals surface area (Å²) in [5.74, 6) is -1.48. The molecule has 1 aliphatic carbocycles. The molecule has 2 aromatic rings. The SMILES string of the molecule is Cc1noc(C)c1Cn1cc(C2=C(C(=O)O)CC(C)(C(=O)O)C=C2)cn1. The zero-order chi connectivity index (χ0) is 19.1. The van der Waals surface area contributed by atoms with E-state index in [1.54, 1.807) is 23.2 Å². The Balaban J connectivity index is 1.94. The van der Waals surface area contributed by atoms with Crippen molar-refractivity contribution in [3.63, 3.8) is 0 Å². The third-order valence-electron chi connectivity index (χ3n) is 4.68. The fourth-order valence-electron chi connectivity index (χ4n) is 2.98. The van der Waals surface area contributed by atoms with Crippen LogP contribution >= 0.6 is 0 Å². The van der Waals surface area contributed by atoms with Crippen molar-refractivity contribution in [2.75, 3.05) is 0 Å². The molecule has 2 N–H and O–H groups in total. The van der Waals surface area contributed by atoms with Crippen molar-refractivity contribution in [2.24, 2.45) is 5.41 Å². The molecule has 0 bridgehead atoms. The quantitative estimate of drug-likeness (QED) is 0.843. The van der Waals surface area contributed by atoms with Gasteiger partial charge in [-0.05, 0) is 32.8 Å². The van der Waals surface area contributed by atoms with Gasteiger partial charge in [-0.1, -0.05) is 17.3 Å². The van der Waals surface area contributed by atoms with E-state index in [2.05, 4.69) is 10.3 Å². The highest BCUT2D eigenvalue weighted by molar-refractivity contribution is 6.01. The Bertz CT molecular complexity index is 930. The van der Waals surface area contributed by atoms with Crippen LogP contribution in [0.15, 0.2) is 34.6 Å². The molecular formula is C18H19N3O5. The van der Waals surface area contributed by atoms with E-state index < -0.39 is 17.4 Å². The van der Waals surface area contributed by atoms with Crippen LogP contribution in [0.3, 0.4) is 0 Å². The van der Waals surface area contributed by atoms with E-state index in [4.69, 9.17) is 4.52 Å². The Hall–Kier alpha value is -3.16. The molecule has 0 aliphatic heterocycles. The minimum Gasteiger partial charge on any atom is -0.481 e. The average Bonchev–Trinajstić information content (AvgIpc) is 3.17. The van der Waals surface area contributed by atoms with Crippen LogP contribution < -0.4 is 0 Å². The summed E-state index contributed by atoms with van der Waals surface area (Å²) in [5, 5.41) is 27.1. The van der Waals surface area contributed by atoms with E-state index in [-0.39, 0.29) is 12.0 Å². The molecule has 0 radical (unpaired) electrons. The highest BCUT2D eigenvalue weighted by atomic mass is 16.5. The van der Waals surface area contributed by atoms with Crippen LogP contribution in [0.4, 0.5) is 0 Å². The molecular weight excluding hydrogens is 338 g/mol. The van der Waals surface area contributed by atoms with E-state index >= 15 is 0 Å². The van der Waals surface area contributed by atoms with Gasteiger partial charge in [0.15, 0.2) is 0 Å². The van der Waals surface area contributed by atoms with E-state index in [0.29, 0.717) is 23.4 Å². The minimum atomic E-state index is -1.23. The summed E-state index contributed by atoms with van der Waals surface area (Å²) in [6, 6.07) is 0. The van der Waals surface area contributed by atoms with Crippen molar-refractivity contribution in [2.45, 2.75) is 33.7 Å². The van der Waals surface area contributed by atoms with Crippen LogP contribution in [-0.4, -0.2) is 37.1 Å². The van der Waals surface area contributed by atoms with Gasteiger partial charge in [-0.3, -0.25) is 9.48 Å². The van der Waals surface area contributed by atoms with Crippen LogP contribution in [0.25, 0.3) is 5.57 Å². The zero-order valence-electron chi connectivity index (χ0n) is 14.7. The summed E-state index contributed by atoms with van der Waals surface area (Å²) in [5.41, 5.74) is 1.63. The maximum atomic E-state index is 11.7. The molecule has 1 atom stereocenters. The molecule has 0 saturated carbocycles. The predicted octanol–water partition coefficient (Wildman–Crippen LogP) is 2.43. The maximum Gasteiger partial charge on any atom is 0.332 e. The highest BCUT2D eigenvalue weighted by Crippen LogP contribution is 2.38. The van der Waals surface area contributed by atoms with Gasteiger partial charge in [-0.25, -0.2) is 4.79 Å². The van der Waals surface area contributed by atoms with Gasteiger partial charge in [0.2, 0.25) is 0 Å². The predicted molar refractivity (Wildman–Crippen MR) is 91.4 cm³/mol. The Labute approximate surface area is 149 Å². The second kappa shape index (κ2) is 6.29. The number of aliphatic carboxylic acids is 2. The number of carboxylic acids is 2. The highest BCUT2D eigenvalue weighted by Gasteiger charge is 2.37. The third kappa shape index (κ3) is 3.05. The van der Waals surface area contributed by atoms with Crippen molar-refractivity contribution in [1.29, 1.82) is 0 Å². The van der Waals surface area contributed by atoms with Gasteiger partial charge in [0, 0.05) is 22.9 Å². The molecule has 0 aromatic carbocycles. The van der Waals surface area contributed by atoms with E-state index in [9.17, 15) is 19.8 Å². The molecule has 136 valence electrons. The summed E-state index contributed by atoms with van der Waals surface area (Å²) in [6.07, 6.45) is 6.31. The topological polar surface area (TPSA) is 118 Å². The molecule has 26 heavy (non-hydrogen) atoms. The molecule has 0 amide bonds. The van der Waals surface area contributed by atoms with Gasteiger partial charge in [0.25, 0.3) is 0 Å².